The predicted molar refractivity (Wildman–Crippen MR) is 148 cm³/mol. The van der Waals surface area contributed by atoms with Crippen molar-refractivity contribution in [2.24, 2.45) is 11.3 Å². The van der Waals surface area contributed by atoms with Crippen LogP contribution in [0.2, 0.25) is 0 Å². The number of carbonyl (C=O) groups is 1. The van der Waals surface area contributed by atoms with Crippen molar-refractivity contribution >= 4 is 5.91 Å². The van der Waals surface area contributed by atoms with Gasteiger partial charge in [0.05, 0.1) is 11.5 Å². The lowest BCUT2D eigenvalue weighted by Gasteiger charge is -2.70. The molecule has 2 aromatic carbocycles. The Labute approximate surface area is 230 Å². The highest BCUT2D eigenvalue weighted by Gasteiger charge is 2.79. The first-order chi connectivity index (χ1) is 18.9. The maximum Gasteiger partial charge on any atom is 0.220 e. The zero-order valence-corrected chi connectivity index (χ0v) is 22.4. The number of aliphatic hydroxyl groups is 1. The molecule has 39 heavy (non-hydrogen) atoms. The average molecular weight is 527 g/mol. The number of aromatic hydroxyl groups is 1. The Morgan fingerprint density at radius 1 is 1.10 bits per heavy atom. The second kappa shape index (κ2) is 8.34. The van der Waals surface area contributed by atoms with E-state index in [1.54, 1.807) is 6.07 Å². The van der Waals surface area contributed by atoms with Crippen LogP contribution < -0.4 is 10.1 Å². The Bertz CT molecular complexity index is 1350. The highest BCUT2D eigenvalue weighted by atomic mass is 16.5. The molecule has 1 saturated heterocycles. The van der Waals surface area contributed by atoms with Crippen molar-refractivity contribution in [1.29, 1.82) is 0 Å². The number of unbranched alkanes of at least 4 members (excludes halogenated alkanes) is 1. The van der Waals surface area contributed by atoms with Crippen LogP contribution in [0.3, 0.4) is 0 Å². The molecule has 2 heterocycles. The number of phenols is 1. The summed E-state index contributed by atoms with van der Waals surface area (Å²) in [5.74, 6) is 1.52. The van der Waals surface area contributed by atoms with Crippen LogP contribution in [-0.4, -0.2) is 57.9 Å². The second-order valence-electron chi connectivity index (χ2n) is 13.1. The smallest absolute Gasteiger partial charge is 0.220 e. The van der Waals surface area contributed by atoms with Crippen LogP contribution in [0.25, 0.3) is 0 Å². The van der Waals surface area contributed by atoms with Gasteiger partial charge in [0.25, 0.3) is 0 Å². The summed E-state index contributed by atoms with van der Waals surface area (Å²) in [7, 11) is 0. The third-order valence-corrected chi connectivity index (χ3v) is 11.1. The number of rotatable bonds is 8. The molecule has 0 radical (unpaired) electrons. The van der Waals surface area contributed by atoms with Crippen molar-refractivity contribution in [3.63, 3.8) is 0 Å². The average Bonchev–Trinajstić information content (AvgIpc) is 3.68. The number of benzene rings is 2. The van der Waals surface area contributed by atoms with Gasteiger partial charge in [-0.1, -0.05) is 48.6 Å². The molecule has 2 spiro atoms. The quantitative estimate of drug-likeness (QED) is 0.358. The molecule has 2 aromatic rings. The number of fused-ring (bicyclic) bond motifs is 1. The van der Waals surface area contributed by atoms with Crippen molar-refractivity contribution in [2.75, 3.05) is 13.1 Å². The molecule has 2 aliphatic heterocycles. The molecule has 1 amide bonds. The minimum Gasteiger partial charge on any atom is -0.504 e. The Hall–Kier alpha value is -2.83. The van der Waals surface area contributed by atoms with Gasteiger partial charge in [0, 0.05) is 30.0 Å². The minimum absolute atomic E-state index is 0.00254. The van der Waals surface area contributed by atoms with E-state index in [1.807, 2.05) is 12.1 Å². The van der Waals surface area contributed by atoms with Crippen molar-refractivity contribution in [3.8, 4) is 11.5 Å². The molecule has 6 heteroatoms. The molecule has 0 aromatic heterocycles. The monoisotopic (exact) mass is 526 g/mol. The van der Waals surface area contributed by atoms with Crippen LogP contribution in [0.4, 0.5) is 0 Å². The first kappa shape index (κ1) is 24.0. The first-order valence-electron chi connectivity index (χ1n) is 15.0. The molecule has 4 bridgehead atoms. The summed E-state index contributed by atoms with van der Waals surface area (Å²) < 4.78 is 6.61. The van der Waals surface area contributed by atoms with E-state index in [4.69, 9.17) is 4.74 Å². The summed E-state index contributed by atoms with van der Waals surface area (Å²) in [6.07, 6.45) is 12.1. The van der Waals surface area contributed by atoms with E-state index in [2.05, 4.69) is 46.6 Å². The van der Waals surface area contributed by atoms with Gasteiger partial charge in [0.15, 0.2) is 11.5 Å². The van der Waals surface area contributed by atoms with Crippen LogP contribution in [0.1, 0.15) is 61.6 Å². The number of carbonyl (C=O) groups excluding carboxylic acids is 1. The standard InChI is InChI=1S/C33H38N2O4/c36-24-13-12-23-18-26-31-14-15-33(38,25(19-31)34-27(37)9-5-4-8-21-6-2-1-3-7-21)30-32(31,28(23)29(24)39-30)16-17-35(26)20-22-10-11-22/h1-3,6-7,12-15,22,25-26,30,36,38H,4-5,8-11,16-20H2,(H,34,37)/t25-,26+,30+,31+,32-,33-/m0/s1. The molecule has 6 atom stereocenters. The molecule has 3 N–H and O–H groups in total. The Morgan fingerprint density at radius 3 is 2.77 bits per heavy atom. The van der Waals surface area contributed by atoms with Gasteiger partial charge in [0.2, 0.25) is 5.91 Å². The zero-order valence-electron chi connectivity index (χ0n) is 22.4. The lowest BCUT2D eigenvalue weighted by Crippen LogP contribution is -2.81. The van der Waals surface area contributed by atoms with E-state index in [0.717, 1.165) is 56.7 Å². The molecule has 3 fully saturated rings. The van der Waals surface area contributed by atoms with Crippen molar-refractivity contribution < 1.29 is 19.7 Å². The highest BCUT2D eigenvalue weighted by Crippen LogP contribution is 2.73. The number of amides is 1. The molecule has 204 valence electrons. The van der Waals surface area contributed by atoms with Gasteiger partial charge < -0.3 is 20.3 Å². The van der Waals surface area contributed by atoms with Crippen molar-refractivity contribution in [3.05, 3.63) is 71.3 Å². The van der Waals surface area contributed by atoms with Crippen molar-refractivity contribution in [2.45, 2.75) is 87.0 Å². The fourth-order valence-corrected chi connectivity index (χ4v) is 9.17. The summed E-state index contributed by atoms with van der Waals surface area (Å²) in [6.45, 7) is 2.12. The number of likely N-dealkylation sites (tertiary alicyclic amines) is 1. The largest absolute Gasteiger partial charge is 0.504 e. The SMILES string of the molecule is O=C(CCCCc1ccccc1)N[C@H]1C[C@@]23C=C[C@@]1(O)[C@@H]1Oc4c(O)ccc5c4[C@@]12CCN(CC1CC1)[C@@H]3C5. The van der Waals surface area contributed by atoms with Crippen molar-refractivity contribution in [1.82, 2.24) is 10.2 Å². The molecule has 6 nitrogen and oxygen atoms in total. The minimum atomic E-state index is -1.31. The summed E-state index contributed by atoms with van der Waals surface area (Å²) >= 11 is 0. The van der Waals surface area contributed by atoms with Crippen LogP contribution in [0.15, 0.2) is 54.6 Å². The van der Waals surface area contributed by atoms with E-state index < -0.39 is 17.7 Å². The lowest BCUT2D eigenvalue weighted by molar-refractivity contribution is -0.193. The number of aryl methyl sites for hydroxylation is 1. The van der Waals surface area contributed by atoms with Crippen LogP contribution >= 0.6 is 0 Å². The van der Waals surface area contributed by atoms with E-state index in [1.165, 1.54) is 24.0 Å². The van der Waals surface area contributed by atoms with Gasteiger partial charge in [-0.15, -0.1) is 0 Å². The van der Waals surface area contributed by atoms with Gasteiger partial charge in [-0.25, -0.2) is 0 Å². The summed E-state index contributed by atoms with van der Waals surface area (Å²) in [5.41, 5.74) is 1.75. The Kier molecular flexibility index (Phi) is 5.13. The molecule has 7 aliphatic rings. The van der Waals surface area contributed by atoms with Gasteiger partial charge in [-0.3, -0.25) is 9.69 Å². The molecule has 5 aliphatic carbocycles. The number of nitrogens with zero attached hydrogens (tertiary/aromatic N) is 1. The van der Waals surface area contributed by atoms with Crippen LogP contribution in [0, 0.1) is 11.3 Å². The van der Waals surface area contributed by atoms with E-state index in [0.29, 0.717) is 24.6 Å². The summed E-state index contributed by atoms with van der Waals surface area (Å²) in [6, 6.07) is 14.1. The van der Waals surface area contributed by atoms with E-state index in [9.17, 15) is 15.0 Å². The molecule has 9 rings (SSSR count). The molecular formula is C33H38N2O4. The van der Waals surface area contributed by atoms with Gasteiger partial charge in [-0.05, 0) is 81.0 Å². The van der Waals surface area contributed by atoms with Crippen LogP contribution in [-0.2, 0) is 23.1 Å². The normalized spacial score (nSPS) is 36.9. The molecule has 0 unspecified atom stereocenters. The van der Waals surface area contributed by atoms with Gasteiger partial charge in [-0.2, -0.15) is 0 Å². The lowest BCUT2D eigenvalue weighted by atomic mass is 9.38. The number of hydrogen-bond donors (Lipinski definition) is 3. The fraction of sp³-hybridized carbons (Fsp3) is 0.545. The molecule has 2 saturated carbocycles. The third-order valence-electron chi connectivity index (χ3n) is 11.1. The topological polar surface area (TPSA) is 82.0 Å². The van der Waals surface area contributed by atoms with E-state index in [-0.39, 0.29) is 22.5 Å². The number of phenolic OH excluding ortho intramolecular Hbond substituents is 1. The van der Waals surface area contributed by atoms with Crippen LogP contribution in [0.5, 0.6) is 11.5 Å². The summed E-state index contributed by atoms with van der Waals surface area (Å²) in [5, 5.41) is 26.5. The Balaban J connectivity index is 1.09. The summed E-state index contributed by atoms with van der Waals surface area (Å²) in [4.78, 5) is 15.9. The number of nitrogens with one attached hydrogen (secondary N) is 1. The number of piperidine rings is 1. The second-order valence-corrected chi connectivity index (χ2v) is 13.1. The first-order valence-corrected chi connectivity index (χ1v) is 15.0. The predicted octanol–water partition coefficient (Wildman–Crippen LogP) is 4.02. The van der Waals surface area contributed by atoms with Gasteiger partial charge >= 0.3 is 0 Å². The molecular weight excluding hydrogens is 488 g/mol. The zero-order chi connectivity index (χ0) is 26.4. The number of ether oxygens (including phenoxy) is 1. The maximum absolute atomic E-state index is 13.2. The maximum atomic E-state index is 13.2. The van der Waals surface area contributed by atoms with Gasteiger partial charge in [0.1, 0.15) is 11.7 Å². The highest BCUT2D eigenvalue weighted by molar-refractivity contribution is 5.77. The Morgan fingerprint density at radius 2 is 1.95 bits per heavy atom. The third kappa shape index (κ3) is 3.25. The number of hydrogen-bond acceptors (Lipinski definition) is 5. The fourth-order valence-electron chi connectivity index (χ4n) is 9.17. The van der Waals surface area contributed by atoms with E-state index >= 15 is 0 Å².